The second kappa shape index (κ2) is 9.33. The quantitative estimate of drug-likeness (QED) is 0.657. The lowest BCUT2D eigenvalue weighted by Crippen LogP contribution is -2.53. The van der Waals surface area contributed by atoms with Gasteiger partial charge in [0.05, 0.1) is 11.5 Å². The summed E-state index contributed by atoms with van der Waals surface area (Å²) in [6, 6.07) is 11.8. The fraction of sp³-hybridized carbons (Fsp3) is 0.385. The molecular weight excluding hydrogens is 485 g/mol. The number of nitrogens with one attached hydrogen (secondary N) is 1. The minimum Gasteiger partial charge on any atom is -0.380 e. The number of hydrogen-bond donors (Lipinski definition) is 2. The Bertz CT molecular complexity index is 1330. The Morgan fingerprint density at radius 1 is 0.972 bits per heavy atom. The molecule has 0 spiro atoms. The maximum Gasteiger partial charge on any atom is 0.322 e. The van der Waals surface area contributed by atoms with Crippen LogP contribution in [-0.2, 0) is 27.7 Å². The van der Waals surface area contributed by atoms with Crippen molar-refractivity contribution in [3.63, 3.8) is 0 Å². The molecule has 0 saturated carbocycles. The molecule has 2 N–H and O–H groups in total. The summed E-state index contributed by atoms with van der Waals surface area (Å²) in [6.07, 6.45) is 2.43. The van der Waals surface area contributed by atoms with Crippen LogP contribution >= 0.6 is 0 Å². The van der Waals surface area contributed by atoms with Crippen molar-refractivity contribution in [1.29, 1.82) is 0 Å². The minimum atomic E-state index is -3.18. The number of fused-ring (bicyclic) bond motifs is 1. The highest BCUT2D eigenvalue weighted by Gasteiger charge is 2.44. The second-order valence-corrected chi connectivity index (χ2v) is 12.0. The number of amides is 3. The summed E-state index contributed by atoms with van der Waals surface area (Å²) in [5, 5.41) is 13.6. The Morgan fingerprint density at radius 2 is 1.67 bits per heavy atom. The van der Waals surface area contributed by atoms with Crippen LogP contribution in [0.3, 0.4) is 0 Å². The third-order valence-corrected chi connectivity index (χ3v) is 8.88. The number of carbonyl (C=O) groups excluding carboxylic acids is 2. The molecule has 5 rings (SSSR count). The molecule has 36 heavy (non-hydrogen) atoms. The van der Waals surface area contributed by atoms with Gasteiger partial charge in [-0.05, 0) is 65.8 Å². The highest BCUT2D eigenvalue weighted by atomic mass is 32.2. The smallest absolute Gasteiger partial charge is 0.322 e. The number of sulfone groups is 1. The van der Waals surface area contributed by atoms with E-state index >= 15 is 0 Å². The summed E-state index contributed by atoms with van der Waals surface area (Å²) >= 11 is 0. The summed E-state index contributed by atoms with van der Waals surface area (Å²) in [4.78, 5) is 28.7. The van der Waals surface area contributed by atoms with Crippen LogP contribution in [0.25, 0.3) is 5.57 Å². The van der Waals surface area contributed by atoms with E-state index in [1.807, 2.05) is 30.3 Å². The number of rotatable bonds is 3. The van der Waals surface area contributed by atoms with Gasteiger partial charge in [0.2, 0.25) is 0 Å². The molecule has 1 saturated heterocycles. The standard InChI is InChI=1S/C26H28FN3O5S/c27-22-4-1-20-16-30(17-21(20)15-22)25(32)28-23-5-2-18(3-6-23)19-7-11-29(12-8-19)24(31)26(33)9-13-36(34,35)14-10-26/h1-7,15,33H,8-14,16-17H2,(H,28,32). The molecule has 2 aromatic rings. The first-order valence-corrected chi connectivity index (χ1v) is 13.8. The average Bonchev–Trinajstić information content (AvgIpc) is 3.30. The van der Waals surface area contributed by atoms with E-state index in [1.54, 1.807) is 15.9 Å². The van der Waals surface area contributed by atoms with Crippen LogP contribution < -0.4 is 5.32 Å². The summed E-state index contributed by atoms with van der Waals surface area (Å²) in [5.74, 6) is -1.05. The Labute approximate surface area is 209 Å². The molecule has 3 aliphatic rings. The average molecular weight is 514 g/mol. The molecular formula is C26H28FN3O5S. The fourth-order valence-electron chi connectivity index (χ4n) is 4.98. The number of benzene rings is 2. The van der Waals surface area contributed by atoms with E-state index in [-0.39, 0.29) is 36.2 Å². The molecule has 2 aromatic carbocycles. The molecule has 0 aromatic heterocycles. The monoisotopic (exact) mass is 513 g/mol. The first-order chi connectivity index (χ1) is 17.1. The van der Waals surface area contributed by atoms with E-state index in [0.29, 0.717) is 38.3 Å². The fourth-order valence-corrected chi connectivity index (χ4v) is 6.48. The molecule has 190 valence electrons. The van der Waals surface area contributed by atoms with Crippen molar-refractivity contribution in [3.8, 4) is 0 Å². The van der Waals surface area contributed by atoms with Crippen molar-refractivity contribution >= 4 is 33.0 Å². The molecule has 1 fully saturated rings. The van der Waals surface area contributed by atoms with Crippen molar-refractivity contribution in [2.24, 2.45) is 0 Å². The molecule has 3 aliphatic heterocycles. The zero-order valence-corrected chi connectivity index (χ0v) is 20.6. The van der Waals surface area contributed by atoms with Crippen LogP contribution in [0, 0.1) is 5.82 Å². The van der Waals surface area contributed by atoms with Crippen molar-refractivity contribution in [1.82, 2.24) is 9.80 Å². The maximum atomic E-state index is 13.4. The predicted molar refractivity (Wildman–Crippen MR) is 133 cm³/mol. The molecule has 0 aliphatic carbocycles. The number of halogens is 1. The van der Waals surface area contributed by atoms with Gasteiger partial charge in [-0.2, -0.15) is 0 Å². The molecule has 3 heterocycles. The van der Waals surface area contributed by atoms with Gasteiger partial charge in [-0.15, -0.1) is 0 Å². The zero-order valence-electron chi connectivity index (χ0n) is 19.7. The summed E-state index contributed by atoms with van der Waals surface area (Å²) in [7, 11) is -3.18. The number of nitrogens with zero attached hydrogens (tertiary/aromatic N) is 2. The lowest BCUT2D eigenvalue weighted by molar-refractivity contribution is -0.151. The number of anilines is 1. The lowest BCUT2D eigenvalue weighted by atomic mass is 9.93. The maximum absolute atomic E-state index is 13.4. The Hall–Kier alpha value is -3.24. The molecule has 8 nitrogen and oxygen atoms in total. The molecule has 0 bridgehead atoms. The van der Waals surface area contributed by atoms with Gasteiger partial charge in [-0.3, -0.25) is 4.79 Å². The predicted octanol–water partition coefficient (Wildman–Crippen LogP) is 2.93. The van der Waals surface area contributed by atoms with Gasteiger partial charge in [-0.25, -0.2) is 17.6 Å². The Morgan fingerprint density at radius 3 is 2.33 bits per heavy atom. The first kappa shape index (κ1) is 24.5. The third kappa shape index (κ3) is 5.01. The number of carbonyl (C=O) groups is 2. The summed E-state index contributed by atoms with van der Waals surface area (Å²) in [5.41, 5.74) is 2.84. The van der Waals surface area contributed by atoms with Gasteiger partial charge in [0, 0.05) is 31.9 Å². The van der Waals surface area contributed by atoms with Crippen LogP contribution in [0.2, 0.25) is 0 Å². The summed E-state index contributed by atoms with van der Waals surface area (Å²) in [6.45, 7) is 1.59. The molecule has 10 heteroatoms. The highest BCUT2D eigenvalue weighted by Crippen LogP contribution is 2.30. The first-order valence-electron chi connectivity index (χ1n) is 12.0. The van der Waals surface area contributed by atoms with Crippen LogP contribution in [0.1, 0.15) is 36.0 Å². The summed E-state index contributed by atoms with van der Waals surface area (Å²) < 4.78 is 36.8. The van der Waals surface area contributed by atoms with Gasteiger partial charge in [0.1, 0.15) is 11.4 Å². The minimum absolute atomic E-state index is 0.0607. The van der Waals surface area contributed by atoms with Crippen molar-refractivity contribution < 1.29 is 27.5 Å². The van der Waals surface area contributed by atoms with Gasteiger partial charge in [0.15, 0.2) is 9.84 Å². The largest absolute Gasteiger partial charge is 0.380 e. The van der Waals surface area contributed by atoms with Gasteiger partial charge < -0.3 is 20.2 Å². The molecule has 0 atom stereocenters. The molecule has 3 amide bonds. The SMILES string of the molecule is O=C(Nc1ccc(C2=CCN(C(=O)C3(O)CCS(=O)(=O)CC3)CC2)cc1)N1Cc2ccc(F)cc2C1. The van der Waals surface area contributed by atoms with Crippen LogP contribution in [-0.4, -0.2) is 65.5 Å². The Balaban J connectivity index is 1.17. The number of aliphatic hydroxyl groups is 1. The van der Waals surface area contributed by atoms with Gasteiger partial charge in [0.25, 0.3) is 5.91 Å². The van der Waals surface area contributed by atoms with E-state index in [0.717, 1.165) is 22.3 Å². The van der Waals surface area contributed by atoms with E-state index in [1.165, 1.54) is 12.1 Å². The van der Waals surface area contributed by atoms with Crippen LogP contribution in [0.4, 0.5) is 14.9 Å². The van der Waals surface area contributed by atoms with E-state index in [2.05, 4.69) is 5.32 Å². The van der Waals surface area contributed by atoms with E-state index in [4.69, 9.17) is 0 Å². The van der Waals surface area contributed by atoms with Crippen LogP contribution in [0.5, 0.6) is 0 Å². The van der Waals surface area contributed by atoms with E-state index in [9.17, 15) is 27.5 Å². The van der Waals surface area contributed by atoms with Crippen LogP contribution in [0.15, 0.2) is 48.5 Å². The highest BCUT2D eigenvalue weighted by molar-refractivity contribution is 7.91. The van der Waals surface area contributed by atoms with E-state index < -0.39 is 21.3 Å². The normalized spacial score (nSPS) is 20.4. The second-order valence-electron chi connectivity index (χ2n) is 9.69. The molecule has 0 unspecified atom stereocenters. The van der Waals surface area contributed by atoms with Crippen molar-refractivity contribution in [3.05, 3.63) is 71.0 Å². The van der Waals surface area contributed by atoms with Crippen molar-refractivity contribution in [2.75, 3.05) is 29.9 Å². The molecule has 0 radical (unpaired) electrons. The number of urea groups is 1. The lowest BCUT2D eigenvalue weighted by Gasteiger charge is -2.37. The van der Waals surface area contributed by atoms with Crippen molar-refractivity contribution in [2.45, 2.75) is 38.0 Å². The zero-order chi connectivity index (χ0) is 25.5. The van der Waals surface area contributed by atoms with Gasteiger partial charge >= 0.3 is 6.03 Å². The topological polar surface area (TPSA) is 107 Å². The number of hydrogen-bond acceptors (Lipinski definition) is 5. The Kier molecular flexibility index (Phi) is 6.34. The third-order valence-electron chi connectivity index (χ3n) is 7.23. The van der Waals surface area contributed by atoms with Gasteiger partial charge in [-0.1, -0.05) is 24.3 Å².